The zero-order chi connectivity index (χ0) is 25.5. The molecule has 3 N–H and O–H groups in total. The molecule has 9 heteroatoms. The summed E-state index contributed by atoms with van der Waals surface area (Å²) in [6, 6.07) is -1.61. The fourth-order valence-corrected chi connectivity index (χ4v) is 4.34. The molecule has 0 radical (unpaired) electrons. The van der Waals surface area contributed by atoms with E-state index in [1.54, 1.807) is 20.8 Å². The minimum Gasteiger partial charge on any atom is -0.479 e. The van der Waals surface area contributed by atoms with Crippen LogP contribution in [0.1, 0.15) is 72.1 Å². The van der Waals surface area contributed by atoms with Crippen molar-refractivity contribution in [3.8, 4) is 0 Å². The molecule has 1 saturated heterocycles. The van der Waals surface area contributed by atoms with Gasteiger partial charge in [0, 0.05) is 12.5 Å². The van der Waals surface area contributed by atoms with Crippen LogP contribution in [0.25, 0.3) is 0 Å². The largest absolute Gasteiger partial charge is 0.479 e. The topological polar surface area (TPSA) is 125 Å². The summed E-state index contributed by atoms with van der Waals surface area (Å²) < 4.78 is 5.34. The zero-order valence-electron chi connectivity index (χ0n) is 20.6. The molecule has 0 aromatic carbocycles. The number of aliphatic carboxylic acids is 1. The van der Waals surface area contributed by atoms with Crippen molar-refractivity contribution in [2.24, 2.45) is 5.92 Å². The van der Waals surface area contributed by atoms with Crippen molar-refractivity contribution < 1.29 is 29.0 Å². The number of hydrogen-bond acceptors (Lipinski definition) is 5. The van der Waals surface area contributed by atoms with Crippen LogP contribution in [-0.2, 0) is 19.1 Å². The maximum Gasteiger partial charge on any atom is 0.408 e. The highest BCUT2D eigenvalue weighted by atomic mass is 16.6. The lowest BCUT2D eigenvalue weighted by molar-refractivity contribution is -0.145. The molecular weight excluding hydrogens is 438 g/mol. The molecule has 1 saturated carbocycles. The van der Waals surface area contributed by atoms with Crippen LogP contribution >= 0.6 is 0 Å². The van der Waals surface area contributed by atoms with Gasteiger partial charge in [0.1, 0.15) is 23.2 Å². The van der Waals surface area contributed by atoms with Gasteiger partial charge in [0.05, 0.1) is 0 Å². The van der Waals surface area contributed by atoms with Gasteiger partial charge in [-0.2, -0.15) is 0 Å². The first-order chi connectivity index (χ1) is 15.9. The molecule has 1 heterocycles. The molecule has 0 aromatic rings. The Morgan fingerprint density at radius 3 is 2.47 bits per heavy atom. The molecular formula is C25H39N3O6. The van der Waals surface area contributed by atoms with Crippen molar-refractivity contribution in [2.75, 3.05) is 6.54 Å². The number of allylic oxidation sites excluding steroid dienone is 1. The minimum absolute atomic E-state index is 0.284. The summed E-state index contributed by atoms with van der Waals surface area (Å²) in [5.41, 5.74) is -2.07. The first-order valence-electron chi connectivity index (χ1n) is 12.0. The Bertz CT molecular complexity index is 805. The number of carbonyl (C=O) groups is 4. The highest BCUT2D eigenvalue weighted by Crippen LogP contribution is 2.44. The number of carboxylic acids is 1. The van der Waals surface area contributed by atoms with Crippen molar-refractivity contribution in [3.05, 3.63) is 25.3 Å². The molecule has 0 bridgehead atoms. The SMILES string of the molecule is C=CCCCCC[C@H](NC(=O)OC(C)(C)C)C(=O)N1CCC[C@H]1C(=O)N[C@]1(C(=O)O)C[C@H]1C=C. The molecule has 1 aliphatic carbocycles. The Morgan fingerprint density at radius 1 is 1.21 bits per heavy atom. The number of ether oxygens (including phenoxy) is 1. The Labute approximate surface area is 202 Å². The van der Waals surface area contributed by atoms with Crippen molar-refractivity contribution >= 4 is 23.9 Å². The van der Waals surface area contributed by atoms with E-state index in [9.17, 15) is 24.3 Å². The van der Waals surface area contributed by atoms with Gasteiger partial charge in [-0.05, 0) is 59.3 Å². The maximum absolute atomic E-state index is 13.4. The lowest BCUT2D eigenvalue weighted by atomic mass is 10.0. The third kappa shape index (κ3) is 7.08. The molecule has 4 atom stereocenters. The molecule has 3 amide bonds. The predicted molar refractivity (Wildman–Crippen MR) is 128 cm³/mol. The van der Waals surface area contributed by atoms with E-state index in [2.05, 4.69) is 23.8 Å². The number of nitrogens with one attached hydrogen (secondary N) is 2. The summed E-state index contributed by atoms with van der Waals surface area (Å²) in [6.07, 6.45) is 7.84. The number of unbranched alkanes of at least 4 members (excludes halogenated alkanes) is 3. The number of nitrogens with zero attached hydrogens (tertiary/aromatic N) is 1. The van der Waals surface area contributed by atoms with E-state index in [1.807, 2.05) is 6.08 Å². The normalized spacial score (nSPS) is 24.6. The lowest BCUT2D eigenvalue weighted by Gasteiger charge is -2.30. The number of alkyl carbamates (subject to hydrolysis) is 1. The van der Waals surface area contributed by atoms with Crippen molar-refractivity contribution in [2.45, 2.75) is 95.4 Å². The lowest BCUT2D eigenvalue weighted by Crippen LogP contribution is -2.56. The van der Waals surface area contributed by atoms with Gasteiger partial charge in [0.25, 0.3) is 0 Å². The van der Waals surface area contributed by atoms with Crippen LogP contribution in [-0.4, -0.2) is 63.7 Å². The van der Waals surface area contributed by atoms with E-state index in [4.69, 9.17) is 4.74 Å². The summed E-state index contributed by atoms with van der Waals surface area (Å²) >= 11 is 0. The summed E-state index contributed by atoms with van der Waals surface area (Å²) in [4.78, 5) is 52.1. The second-order valence-corrected chi connectivity index (χ2v) is 10.1. The summed E-state index contributed by atoms with van der Waals surface area (Å²) in [5.74, 6) is -2.28. The van der Waals surface area contributed by atoms with Crippen molar-refractivity contribution in [3.63, 3.8) is 0 Å². The second-order valence-electron chi connectivity index (χ2n) is 10.1. The average Bonchev–Trinajstić information content (AvgIpc) is 3.24. The van der Waals surface area contributed by atoms with Crippen molar-refractivity contribution in [1.82, 2.24) is 15.5 Å². The van der Waals surface area contributed by atoms with Crippen LogP contribution in [0.2, 0.25) is 0 Å². The van der Waals surface area contributed by atoms with Gasteiger partial charge >= 0.3 is 12.1 Å². The van der Waals surface area contributed by atoms with Crippen LogP contribution in [0.3, 0.4) is 0 Å². The Morgan fingerprint density at radius 2 is 1.91 bits per heavy atom. The van der Waals surface area contributed by atoms with Gasteiger partial charge in [-0.15, -0.1) is 13.2 Å². The van der Waals surface area contributed by atoms with Crippen LogP contribution in [0.15, 0.2) is 25.3 Å². The molecule has 2 aliphatic rings. The van der Waals surface area contributed by atoms with E-state index < -0.39 is 41.2 Å². The van der Waals surface area contributed by atoms with Gasteiger partial charge in [0.2, 0.25) is 11.8 Å². The third-order valence-corrected chi connectivity index (χ3v) is 6.26. The highest BCUT2D eigenvalue weighted by Gasteiger charge is 2.61. The van der Waals surface area contributed by atoms with Crippen molar-refractivity contribution in [1.29, 1.82) is 0 Å². The Hall–Kier alpha value is -2.84. The summed E-state index contributed by atoms with van der Waals surface area (Å²) in [6.45, 7) is 12.9. The van der Waals surface area contributed by atoms with Gasteiger partial charge in [-0.25, -0.2) is 9.59 Å². The van der Waals surface area contributed by atoms with Gasteiger partial charge in [-0.3, -0.25) is 9.59 Å². The second kappa shape index (κ2) is 11.5. The molecule has 34 heavy (non-hydrogen) atoms. The number of rotatable bonds is 12. The summed E-state index contributed by atoms with van der Waals surface area (Å²) in [7, 11) is 0. The smallest absolute Gasteiger partial charge is 0.408 e. The maximum atomic E-state index is 13.4. The number of carbonyl (C=O) groups excluding carboxylic acids is 3. The predicted octanol–water partition coefficient (Wildman–Crippen LogP) is 3.15. The molecule has 9 nitrogen and oxygen atoms in total. The van der Waals surface area contributed by atoms with E-state index >= 15 is 0 Å². The number of hydrogen-bond donors (Lipinski definition) is 3. The van der Waals surface area contributed by atoms with Crippen LogP contribution < -0.4 is 10.6 Å². The van der Waals surface area contributed by atoms with E-state index in [0.717, 1.165) is 19.3 Å². The number of likely N-dealkylation sites (tertiary alicyclic amines) is 1. The third-order valence-electron chi connectivity index (χ3n) is 6.26. The molecule has 1 aliphatic heterocycles. The standard InChI is InChI=1S/C25H39N3O6/c1-6-8-9-10-11-13-18(26-23(33)34-24(3,4)5)21(30)28-15-12-14-19(28)20(29)27-25(22(31)32)16-17(25)7-2/h6-7,17-19H,1-2,8-16H2,3-5H3,(H,26,33)(H,27,29)(H,31,32)/t17-,18+,19+,25-/m1/s1. The quantitative estimate of drug-likeness (QED) is 0.293. The molecule has 2 rings (SSSR count). The van der Waals surface area contributed by atoms with Crippen LogP contribution in [0, 0.1) is 5.92 Å². The Kier molecular flexibility index (Phi) is 9.29. The van der Waals surface area contributed by atoms with Crippen LogP contribution in [0.4, 0.5) is 4.79 Å². The molecule has 190 valence electrons. The zero-order valence-corrected chi connectivity index (χ0v) is 20.6. The fourth-order valence-electron chi connectivity index (χ4n) is 4.34. The van der Waals surface area contributed by atoms with Gasteiger partial charge < -0.3 is 25.4 Å². The first-order valence-corrected chi connectivity index (χ1v) is 12.0. The first kappa shape index (κ1) is 27.4. The number of carboxylic acid groups (broad SMARTS) is 1. The van der Waals surface area contributed by atoms with E-state index in [-0.39, 0.29) is 18.2 Å². The molecule has 0 unspecified atom stereocenters. The highest BCUT2D eigenvalue weighted by molar-refractivity contribution is 5.96. The monoisotopic (exact) mass is 477 g/mol. The average molecular weight is 478 g/mol. The molecule has 0 spiro atoms. The summed E-state index contributed by atoms with van der Waals surface area (Å²) in [5, 5.41) is 14.9. The molecule has 2 fully saturated rings. The minimum atomic E-state index is -1.35. The van der Waals surface area contributed by atoms with E-state index in [1.165, 1.54) is 11.0 Å². The number of amides is 3. The van der Waals surface area contributed by atoms with Gasteiger partial charge in [0.15, 0.2) is 0 Å². The molecule has 0 aromatic heterocycles. The Balaban J connectivity index is 2.09. The van der Waals surface area contributed by atoms with Gasteiger partial charge in [-0.1, -0.05) is 25.0 Å². The van der Waals surface area contributed by atoms with Crippen LogP contribution in [0.5, 0.6) is 0 Å². The fraction of sp³-hybridized carbons (Fsp3) is 0.680. The van der Waals surface area contributed by atoms with E-state index in [0.29, 0.717) is 32.2 Å².